The highest BCUT2D eigenvalue weighted by Gasteiger charge is 2.20. The first kappa shape index (κ1) is 14.1. The van der Waals surface area contributed by atoms with Gasteiger partial charge in [-0.3, -0.25) is 0 Å². The number of hydrogen-bond donors (Lipinski definition) is 1. The lowest BCUT2D eigenvalue weighted by atomic mass is 9.83. The zero-order valence-electron chi connectivity index (χ0n) is 10.8. The van der Waals surface area contributed by atoms with Crippen LogP contribution < -0.4 is 5.14 Å². The van der Waals surface area contributed by atoms with Crippen LogP contribution in [0.5, 0.6) is 0 Å². The Bertz CT molecular complexity index is 573. The Labute approximate surface area is 112 Å². The number of nitrogens with zero attached hydrogens (tertiary/aromatic N) is 1. The summed E-state index contributed by atoms with van der Waals surface area (Å²) in [7, 11) is -2.21. The molecule has 1 heterocycles. The number of primary sulfonamides is 1. The Morgan fingerprint density at radius 3 is 2.68 bits per heavy atom. The molecule has 1 saturated carbocycles. The number of carbonyl (C=O) groups excluding carboxylic acids is 1. The fourth-order valence-electron chi connectivity index (χ4n) is 2.07. The van der Waals surface area contributed by atoms with Gasteiger partial charge in [0.1, 0.15) is 10.6 Å². The second kappa shape index (κ2) is 5.34. The van der Waals surface area contributed by atoms with Crippen LogP contribution in [-0.4, -0.2) is 25.6 Å². The van der Waals surface area contributed by atoms with E-state index in [4.69, 9.17) is 9.88 Å². The van der Waals surface area contributed by atoms with E-state index in [1.54, 1.807) is 7.05 Å². The minimum absolute atomic E-state index is 0.0825. The van der Waals surface area contributed by atoms with Gasteiger partial charge in [-0.1, -0.05) is 19.3 Å². The molecule has 0 amide bonds. The minimum Gasteiger partial charge on any atom is -0.461 e. The number of nitrogens with two attached hydrogens (primary N) is 1. The van der Waals surface area contributed by atoms with Gasteiger partial charge in [-0.15, -0.1) is 0 Å². The Balaban J connectivity index is 1.96. The topological polar surface area (TPSA) is 91.4 Å². The van der Waals surface area contributed by atoms with Crippen molar-refractivity contribution in [1.29, 1.82) is 0 Å². The Morgan fingerprint density at radius 1 is 1.53 bits per heavy atom. The number of esters is 1. The third-order valence-electron chi connectivity index (χ3n) is 3.50. The summed E-state index contributed by atoms with van der Waals surface area (Å²) in [5.41, 5.74) is 0.192. The molecule has 1 aliphatic carbocycles. The van der Waals surface area contributed by atoms with Crippen molar-refractivity contribution in [3.63, 3.8) is 0 Å². The molecule has 0 bridgehead atoms. The van der Waals surface area contributed by atoms with Crippen molar-refractivity contribution in [2.45, 2.75) is 30.6 Å². The fraction of sp³-hybridized carbons (Fsp3) is 0.583. The summed E-state index contributed by atoms with van der Waals surface area (Å²) in [6, 6.07) is 1.24. The van der Waals surface area contributed by atoms with E-state index in [2.05, 4.69) is 0 Å². The summed E-state index contributed by atoms with van der Waals surface area (Å²) in [5, 5.41) is 5.01. The number of ether oxygens (including phenoxy) is 1. The first-order valence-corrected chi connectivity index (χ1v) is 7.79. The van der Waals surface area contributed by atoms with Gasteiger partial charge in [0.05, 0.1) is 6.61 Å². The molecule has 19 heavy (non-hydrogen) atoms. The summed E-state index contributed by atoms with van der Waals surface area (Å²) in [6.07, 6.45) is 5.85. The van der Waals surface area contributed by atoms with E-state index < -0.39 is 16.0 Å². The van der Waals surface area contributed by atoms with E-state index >= 15 is 0 Å². The van der Waals surface area contributed by atoms with Crippen molar-refractivity contribution in [2.24, 2.45) is 18.1 Å². The van der Waals surface area contributed by atoms with E-state index in [-0.39, 0.29) is 10.6 Å². The van der Waals surface area contributed by atoms with Crippen molar-refractivity contribution < 1.29 is 17.9 Å². The van der Waals surface area contributed by atoms with Crippen LogP contribution >= 0.6 is 0 Å². The molecule has 0 unspecified atom stereocenters. The predicted molar refractivity (Wildman–Crippen MR) is 69.0 cm³/mol. The summed E-state index contributed by atoms with van der Waals surface area (Å²) in [4.78, 5) is 11.7. The molecule has 0 aromatic carbocycles. The van der Waals surface area contributed by atoms with Gasteiger partial charge in [0.25, 0.3) is 0 Å². The van der Waals surface area contributed by atoms with Gasteiger partial charge in [0.2, 0.25) is 10.0 Å². The van der Waals surface area contributed by atoms with E-state index in [0.29, 0.717) is 12.5 Å². The molecule has 6 nitrogen and oxygen atoms in total. The lowest BCUT2D eigenvalue weighted by Gasteiger charge is -2.24. The maximum atomic E-state index is 11.8. The molecule has 0 saturated heterocycles. The monoisotopic (exact) mass is 286 g/mol. The second-order valence-corrected chi connectivity index (χ2v) is 6.50. The SMILES string of the molecule is Cn1cc(S(N)(=O)=O)cc1C(=O)OCCC1CCC1. The van der Waals surface area contributed by atoms with Crippen LogP contribution in [-0.2, 0) is 21.8 Å². The highest BCUT2D eigenvalue weighted by atomic mass is 32.2. The maximum Gasteiger partial charge on any atom is 0.354 e. The van der Waals surface area contributed by atoms with Crippen LogP contribution in [0, 0.1) is 5.92 Å². The number of rotatable bonds is 5. The van der Waals surface area contributed by atoms with Crippen molar-refractivity contribution in [1.82, 2.24) is 4.57 Å². The highest BCUT2D eigenvalue weighted by Crippen LogP contribution is 2.29. The van der Waals surface area contributed by atoms with Gasteiger partial charge in [-0.05, 0) is 18.4 Å². The summed E-state index contributed by atoms with van der Waals surface area (Å²) in [6.45, 7) is 0.374. The summed E-state index contributed by atoms with van der Waals surface area (Å²) >= 11 is 0. The predicted octanol–water partition coefficient (Wildman–Crippen LogP) is 1.02. The molecule has 2 rings (SSSR count). The standard InChI is InChI=1S/C12H18N2O4S/c1-14-8-10(19(13,16)17)7-11(14)12(15)18-6-5-9-3-2-4-9/h7-9H,2-6H2,1H3,(H2,13,16,17). The van der Waals surface area contributed by atoms with Gasteiger partial charge in [-0.25, -0.2) is 18.4 Å². The van der Waals surface area contributed by atoms with E-state index in [0.717, 1.165) is 6.42 Å². The quantitative estimate of drug-likeness (QED) is 0.818. The van der Waals surface area contributed by atoms with Gasteiger partial charge in [0.15, 0.2) is 0 Å². The van der Waals surface area contributed by atoms with Crippen molar-refractivity contribution >= 4 is 16.0 Å². The Kier molecular flexibility index (Phi) is 3.96. The van der Waals surface area contributed by atoms with Crippen LogP contribution in [0.3, 0.4) is 0 Å². The lowest BCUT2D eigenvalue weighted by Crippen LogP contribution is -2.16. The average Bonchev–Trinajstić information content (AvgIpc) is 2.63. The molecule has 0 atom stereocenters. The van der Waals surface area contributed by atoms with Crippen LogP contribution in [0.15, 0.2) is 17.2 Å². The third-order valence-corrected chi connectivity index (χ3v) is 4.38. The molecule has 0 spiro atoms. The smallest absolute Gasteiger partial charge is 0.354 e. The molecule has 7 heteroatoms. The van der Waals surface area contributed by atoms with E-state index in [9.17, 15) is 13.2 Å². The Morgan fingerprint density at radius 2 is 2.21 bits per heavy atom. The van der Waals surface area contributed by atoms with Crippen LogP contribution in [0.25, 0.3) is 0 Å². The molecule has 1 fully saturated rings. The summed E-state index contributed by atoms with van der Waals surface area (Å²) in [5.74, 6) is 0.151. The van der Waals surface area contributed by atoms with Crippen molar-refractivity contribution in [3.8, 4) is 0 Å². The van der Waals surface area contributed by atoms with Gasteiger partial charge in [0, 0.05) is 13.2 Å². The number of sulfonamides is 1. The molecular formula is C12H18N2O4S. The van der Waals surface area contributed by atoms with Crippen LogP contribution in [0.2, 0.25) is 0 Å². The maximum absolute atomic E-state index is 11.8. The number of aromatic nitrogens is 1. The van der Waals surface area contributed by atoms with Gasteiger partial charge >= 0.3 is 5.97 Å². The third kappa shape index (κ3) is 3.36. The van der Waals surface area contributed by atoms with Crippen LogP contribution in [0.4, 0.5) is 0 Å². The average molecular weight is 286 g/mol. The molecule has 1 aliphatic rings. The lowest BCUT2D eigenvalue weighted by molar-refractivity contribution is 0.0453. The first-order chi connectivity index (χ1) is 8.88. The van der Waals surface area contributed by atoms with Crippen molar-refractivity contribution in [2.75, 3.05) is 6.61 Å². The first-order valence-electron chi connectivity index (χ1n) is 6.24. The van der Waals surface area contributed by atoms with E-state index in [1.807, 2.05) is 0 Å². The minimum atomic E-state index is -3.80. The molecule has 0 radical (unpaired) electrons. The number of hydrogen-bond acceptors (Lipinski definition) is 4. The zero-order chi connectivity index (χ0) is 14.0. The van der Waals surface area contributed by atoms with E-state index in [1.165, 1.54) is 36.1 Å². The largest absolute Gasteiger partial charge is 0.461 e. The van der Waals surface area contributed by atoms with Gasteiger partial charge < -0.3 is 9.30 Å². The fourth-order valence-corrected chi connectivity index (χ4v) is 2.65. The molecule has 1 aromatic heterocycles. The number of carbonyl (C=O) groups is 1. The highest BCUT2D eigenvalue weighted by molar-refractivity contribution is 7.89. The number of aryl methyl sites for hydroxylation is 1. The molecule has 0 aliphatic heterocycles. The zero-order valence-corrected chi connectivity index (χ0v) is 11.6. The Hall–Kier alpha value is -1.34. The molecular weight excluding hydrogens is 268 g/mol. The van der Waals surface area contributed by atoms with Gasteiger partial charge in [-0.2, -0.15) is 0 Å². The second-order valence-electron chi connectivity index (χ2n) is 4.94. The molecule has 2 N–H and O–H groups in total. The molecule has 1 aromatic rings. The normalized spacial score (nSPS) is 16.1. The summed E-state index contributed by atoms with van der Waals surface area (Å²) < 4.78 is 28.9. The van der Waals surface area contributed by atoms with Crippen LogP contribution in [0.1, 0.15) is 36.2 Å². The van der Waals surface area contributed by atoms with Crippen molar-refractivity contribution in [3.05, 3.63) is 18.0 Å². The molecule has 106 valence electrons.